The minimum atomic E-state index is -0.492. The van der Waals surface area contributed by atoms with Gasteiger partial charge in [-0.15, -0.1) is 0 Å². The Kier molecular flexibility index (Phi) is 2.91. The van der Waals surface area contributed by atoms with Crippen LogP contribution in [0.5, 0.6) is 0 Å². The van der Waals surface area contributed by atoms with E-state index >= 15 is 0 Å². The zero-order chi connectivity index (χ0) is 14.3. The van der Waals surface area contributed by atoms with Crippen LogP contribution in [0.2, 0.25) is 5.02 Å². The third-order valence-electron chi connectivity index (χ3n) is 3.78. The van der Waals surface area contributed by atoms with Crippen molar-refractivity contribution in [3.05, 3.63) is 52.7 Å². The van der Waals surface area contributed by atoms with Gasteiger partial charge in [0.1, 0.15) is 5.82 Å². The molecule has 4 nitrogen and oxygen atoms in total. The van der Waals surface area contributed by atoms with Crippen LogP contribution in [0.25, 0.3) is 0 Å². The van der Waals surface area contributed by atoms with Crippen LogP contribution in [-0.4, -0.2) is 10.8 Å². The Morgan fingerprint density at radius 3 is 2.45 bits per heavy atom. The van der Waals surface area contributed by atoms with Crippen molar-refractivity contribution in [3.63, 3.8) is 0 Å². The zero-order valence-corrected chi connectivity index (χ0v) is 11.5. The van der Waals surface area contributed by atoms with E-state index in [1.807, 2.05) is 24.3 Å². The minimum Gasteiger partial charge on any atom is -0.399 e. The molecule has 102 valence electrons. The number of ketones is 1. The molecule has 0 saturated heterocycles. The fourth-order valence-corrected chi connectivity index (χ4v) is 2.62. The first-order valence-electron chi connectivity index (χ1n) is 6.35. The van der Waals surface area contributed by atoms with E-state index in [9.17, 15) is 4.79 Å². The van der Waals surface area contributed by atoms with Gasteiger partial charge in [0.2, 0.25) is 0 Å². The molecular weight excluding hydrogens is 274 g/mol. The SMILES string of the molecule is Nc1ccc(C2(C(=O)c3cc(Cl)cnc3N)CC2)cc1. The highest BCUT2D eigenvalue weighted by atomic mass is 35.5. The molecule has 1 saturated carbocycles. The number of Topliss-reactive ketones (excluding diaryl/α,β-unsaturated/α-hetero) is 1. The van der Waals surface area contributed by atoms with Crippen LogP contribution in [0.1, 0.15) is 28.8 Å². The van der Waals surface area contributed by atoms with Crippen molar-refractivity contribution < 1.29 is 4.79 Å². The number of aromatic nitrogens is 1. The summed E-state index contributed by atoms with van der Waals surface area (Å²) in [5.74, 6) is 0.205. The molecule has 0 unspecified atom stereocenters. The second-order valence-corrected chi connectivity index (χ2v) is 5.56. The number of nitrogens with two attached hydrogens (primary N) is 2. The number of pyridine rings is 1. The summed E-state index contributed by atoms with van der Waals surface area (Å²) in [4.78, 5) is 16.7. The predicted octanol–water partition coefficient (Wildman–Crippen LogP) is 2.81. The highest BCUT2D eigenvalue weighted by molar-refractivity contribution is 6.31. The monoisotopic (exact) mass is 287 g/mol. The Morgan fingerprint density at radius 2 is 1.85 bits per heavy atom. The quantitative estimate of drug-likeness (QED) is 0.672. The van der Waals surface area contributed by atoms with Gasteiger partial charge in [-0.2, -0.15) is 0 Å². The largest absolute Gasteiger partial charge is 0.399 e. The number of carbonyl (C=O) groups excluding carboxylic acids is 1. The summed E-state index contributed by atoms with van der Waals surface area (Å²) in [6.45, 7) is 0. The number of halogens is 1. The number of benzene rings is 1. The van der Waals surface area contributed by atoms with E-state index in [2.05, 4.69) is 4.98 Å². The third-order valence-corrected chi connectivity index (χ3v) is 3.98. The molecule has 2 aromatic rings. The lowest BCUT2D eigenvalue weighted by atomic mass is 9.87. The highest BCUT2D eigenvalue weighted by Gasteiger charge is 2.51. The molecule has 5 heteroatoms. The number of rotatable bonds is 3. The summed E-state index contributed by atoms with van der Waals surface area (Å²) in [5.41, 5.74) is 13.0. The highest BCUT2D eigenvalue weighted by Crippen LogP contribution is 2.51. The van der Waals surface area contributed by atoms with Crippen LogP contribution in [0.15, 0.2) is 36.5 Å². The Hall–Kier alpha value is -2.07. The number of carbonyl (C=O) groups is 1. The van der Waals surface area contributed by atoms with Gasteiger partial charge in [-0.25, -0.2) is 4.98 Å². The van der Waals surface area contributed by atoms with Gasteiger partial charge in [0.25, 0.3) is 0 Å². The van der Waals surface area contributed by atoms with Gasteiger partial charge in [0.15, 0.2) is 5.78 Å². The first kappa shape index (κ1) is 12.9. The van der Waals surface area contributed by atoms with E-state index in [1.54, 1.807) is 6.07 Å². The van der Waals surface area contributed by atoms with Crippen LogP contribution in [0.3, 0.4) is 0 Å². The van der Waals surface area contributed by atoms with Crippen molar-refractivity contribution in [1.29, 1.82) is 0 Å². The van der Waals surface area contributed by atoms with Gasteiger partial charge in [0, 0.05) is 11.9 Å². The maximum absolute atomic E-state index is 12.8. The molecule has 3 rings (SSSR count). The fourth-order valence-electron chi connectivity index (χ4n) is 2.46. The summed E-state index contributed by atoms with van der Waals surface area (Å²) in [5, 5.41) is 0.413. The lowest BCUT2D eigenvalue weighted by Gasteiger charge is -2.16. The van der Waals surface area contributed by atoms with E-state index in [4.69, 9.17) is 23.1 Å². The van der Waals surface area contributed by atoms with Gasteiger partial charge in [-0.3, -0.25) is 4.79 Å². The number of nitrogen functional groups attached to an aromatic ring is 2. The Balaban J connectivity index is 2.01. The van der Waals surface area contributed by atoms with Gasteiger partial charge >= 0.3 is 0 Å². The second kappa shape index (κ2) is 4.49. The molecule has 1 fully saturated rings. The minimum absolute atomic E-state index is 0.0187. The molecule has 0 aliphatic heterocycles. The zero-order valence-electron chi connectivity index (χ0n) is 10.8. The number of hydrogen-bond donors (Lipinski definition) is 2. The van der Waals surface area contributed by atoms with Crippen molar-refractivity contribution >= 4 is 28.9 Å². The summed E-state index contributed by atoms with van der Waals surface area (Å²) in [7, 11) is 0. The average Bonchev–Trinajstić information content (AvgIpc) is 3.23. The van der Waals surface area contributed by atoms with Gasteiger partial charge in [-0.1, -0.05) is 23.7 Å². The Labute approximate surface area is 121 Å². The summed E-state index contributed by atoms with van der Waals surface area (Å²) < 4.78 is 0. The molecule has 1 aliphatic carbocycles. The average molecular weight is 288 g/mol. The van der Waals surface area contributed by atoms with E-state index in [0.717, 1.165) is 18.4 Å². The maximum atomic E-state index is 12.8. The molecular formula is C15H14ClN3O. The standard InChI is InChI=1S/C15H14ClN3O/c16-10-7-12(14(18)19-8-10)13(20)15(5-6-15)9-1-3-11(17)4-2-9/h1-4,7-8H,5-6,17H2,(H2,18,19). The molecule has 0 atom stereocenters. The van der Waals surface area contributed by atoms with Crippen molar-refractivity contribution in [2.24, 2.45) is 0 Å². The molecule has 0 spiro atoms. The van der Waals surface area contributed by atoms with Gasteiger partial charge < -0.3 is 11.5 Å². The molecule has 1 aliphatic rings. The maximum Gasteiger partial charge on any atom is 0.177 e. The van der Waals surface area contributed by atoms with E-state index in [0.29, 0.717) is 16.3 Å². The van der Waals surface area contributed by atoms with Crippen molar-refractivity contribution in [1.82, 2.24) is 4.98 Å². The topological polar surface area (TPSA) is 82.0 Å². The Bertz CT molecular complexity index is 678. The smallest absolute Gasteiger partial charge is 0.177 e. The lowest BCUT2D eigenvalue weighted by molar-refractivity contribution is 0.0946. The van der Waals surface area contributed by atoms with Crippen molar-refractivity contribution in [2.75, 3.05) is 11.5 Å². The molecule has 1 aromatic heterocycles. The van der Waals surface area contributed by atoms with Crippen LogP contribution in [0.4, 0.5) is 11.5 Å². The van der Waals surface area contributed by atoms with Crippen LogP contribution < -0.4 is 11.5 Å². The van der Waals surface area contributed by atoms with Gasteiger partial charge in [-0.05, 0) is 36.6 Å². The fraction of sp³-hybridized carbons (Fsp3) is 0.200. The number of hydrogen-bond acceptors (Lipinski definition) is 4. The molecule has 0 amide bonds. The lowest BCUT2D eigenvalue weighted by Crippen LogP contribution is -2.22. The molecule has 4 N–H and O–H groups in total. The van der Waals surface area contributed by atoms with E-state index < -0.39 is 5.41 Å². The summed E-state index contributed by atoms with van der Waals surface area (Å²) >= 11 is 5.91. The van der Waals surface area contributed by atoms with Gasteiger partial charge in [0.05, 0.1) is 16.0 Å². The first-order chi connectivity index (χ1) is 9.53. The molecule has 0 bridgehead atoms. The van der Waals surface area contributed by atoms with E-state index in [-0.39, 0.29) is 11.6 Å². The normalized spacial score (nSPS) is 15.8. The summed E-state index contributed by atoms with van der Waals surface area (Å²) in [6.07, 6.45) is 3.06. The number of anilines is 2. The first-order valence-corrected chi connectivity index (χ1v) is 6.72. The Morgan fingerprint density at radius 1 is 1.20 bits per heavy atom. The van der Waals surface area contributed by atoms with Crippen molar-refractivity contribution in [2.45, 2.75) is 18.3 Å². The van der Waals surface area contributed by atoms with Crippen LogP contribution in [0, 0.1) is 0 Å². The predicted molar refractivity (Wildman–Crippen MR) is 79.8 cm³/mol. The van der Waals surface area contributed by atoms with Crippen molar-refractivity contribution in [3.8, 4) is 0 Å². The molecule has 1 aromatic carbocycles. The third kappa shape index (κ3) is 2.02. The number of nitrogens with zero attached hydrogens (tertiary/aromatic N) is 1. The summed E-state index contributed by atoms with van der Waals surface area (Å²) in [6, 6.07) is 9.00. The van der Waals surface area contributed by atoms with E-state index in [1.165, 1.54) is 6.20 Å². The molecule has 20 heavy (non-hydrogen) atoms. The molecule has 0 radical (unpaired) electrons. The van der Waals surface area contributed by atoms with Crippen LogP contribution >= 0.6 is 11.6 Å². The molecule has 1 heterocycles. The van der Waals surface area contributed by atoms with Crippen LogP contribution in [-0.2, 0) is 5.41 Å². The second-order valence-electron chi connectivity index (χ2n) is 5.12.